The van der Waals surface area contributed by atoms with Crippen LogP contribution in [0.1, 0.15) is 16.1 Å². The zero-order valence-electron chi connectivity index (χ0n) is 13.9. The van der Waals surface area contributed by atoms with Gasteiger partial charge in [0.05, 0.1) is 5.69 Å². The van der Waals surface area contributed by atoms with Crippen molar-refractivity contribution < 1.29 is 4.79 Å². The van der Waals surface area contributed by atoms with E-state index < -0.39 is 0 Å². The number of nitrogens with zero attached hydrogens (tertiary/aromatic N) is 5. The molecule has 2 N–H and O–H groups in total. The van der Waals surface area contributed by atoms with Crippen molar-refractivity contribution in [3.8, 4) is 11.3 Å². The maximum Gasteiger partial charge on any atom is 0.272 e. The van der Waals surface area contributed by atoms with Crippen molar-refractivity contribution in [1.29, 1.82) is 0 Å². The summed E-state index contributed by atoms with van der Waals surface area (Å²) in [5.74, 6) is 0.737. The summed E-state index contributed by atoms with van der Waals surface area (Å²) >= 11 is 0. The second-order valence-electron chi connectivity index (χ2n) is 6.03. The molecule has 0 bridgehead atoms. The van der Waals surface area contributed by atoms with E-state index in [9.17, 15) is 4.79 Å². The molecule has 25 heavy (non-hydrogen) atoms. The van der Waals surface area contributed by atoms with Crippen LogP contribution in [-0.4, -0.2) is 62.4 Å². The molecular weight excluding hydrogens is 318 g/mol. The average Bonchev–Trinajstić information content (AvgIpc) is 3.32. The standard InChI is InChI=1S/C17H19N7O/c1-12-14(13-5-3-2-4-6-13)20-21-15(12)16(25)23-7-9-24(10-8-23)17-18-11-19-22-17/h2-6,11H,7-10H2,1H3,(H,20,21)(H,18,19,22). The van der Waals surface area contributed by atoms with Gasteiger partial charge in [0.2, 0.25) is 5.95 Å². The number of amides is 1. The quantitative estimate of drug-likeness (QED) is 0.755. The molecule has 1 aromatic carbocycles. The van der Waals surface area contributed by atoms with Gasteiger partial charge in [-0.15, -0.1) is 0 Å². The third-order valence-corrected chi connectivity index (χ3v) is 4.54. The van der Waals surface area contributed by atoms with Gasteiger partial charge in [-0.05, 0) is 6.92 Å². The summed E-state index contributed by atoms with van der Waals surface area (Å²) < 4.78 is 0. The first-order valence-electron chi connectivity index (χ1n) is 8.24. The molecule has 8 heteroatoms. The molecule has 128 valence electrons. The van der Waals surface area contributed by atoms with E-state index in [-0.39, 0.29) is 5.91 Å². The number of hydrogen-bond donors (Lipinski definition) is 2. The van der Waals surface area contributed by atoms with Crippen molar-refractivity contribution >= 4 is 11.9 Å². The van der Waals surface area contributed by atoms with Crippen LogP contribution in [0, 0.1) is 6.92 Å². The number of anilines is 1. The summed E-state index contributed by atoms with van der Waals surface area (Å²) in [6.07, 6.45) is 1.49. The average molecular weight is 337 g/mol. The van der Waals surface area contributed by atoms with Crippen LogP contribution in [0.15, 0.2) is 36.7 Å². The molecule has 3 heterocycles. The van der Waals surface area contributed by atoms with Crippen LogP contribution in [-0.2, 0) is 0 Å². The Morgan fingerprint density at radius 3 is 2.52 bits per heavy atom. The van der Waals surface area contributed by atoms with Crippen molar-refractivity contribution in [1.82, 2.24) is 30.3 Å². The maximum atomic E-state index is 12.9. The Morgan fingerprint density at radius 2 is 1.84 bits per heavy atom. The molecule has 8 nitrogen and oxygen atoms in total. The zero-order chi connectivity index (χ0) is 17.2. The third kappa shape index (κ3) is 2.86. The number of nitrogens with one attached hydrogen (secondary N) is 2. The van der Waals surface area contributed by atoms with Crippen LogP contribution in [0.4, 0.5) is 5.95 Å². The van der Waals surface area contributed by atoms with E-state index in [0.717, 1.165) is 35.9 Å². The monoisotopic (exact) mass is 337 g/mol. The molecule has 4 rings (SSSR count). The lowest BCUT2D eigenvalue weighted by Gasteiger charge is -2.34. The molecule has 1 aliphatic rings. The number of piperazine rings is 1. The lowest BCUT2D eigenvalue weighted by atomic mass is 10.1. The van der Waals surface area contributed by atoms with E-state index in [1.165, 1.54) is 6.33 Å². The van der Waals surface area contributed by atoms with Crippen LogP contribution >= 0.6 is 0 Å². The Hall–Kier alpha value is -3.16. The molecule has 1 fully saturated rings. The number of aromatic amines is 2. The molecule has 0 aliphatic carbocycles. The van der Waals surface area contributed by atoms with Crippen molar-refractivity contribution in [3.63, 3.8) is 0 Å². The highest BCUT2D eigenvalue weighted by molar-refractivity contribution is 5.95. The van der Waals surface area contributed by atoms with Crippen LogP contribution in [0.2, 0.25) is 0 Å². The number of benzene rings is 1. The number of hydrogen-bond acceptors (Lipinski definition) is 5. The highest BCUT2D eigenvalue weighted by atomic mass is 16.2. The number of carbonyl (C=O) groups is 1. The highest BCUT2D eigenvalue weighted by Gasteiger charge is 2.26. The molecule has 0 radical (unpaired) electrons. The Labute approximate surface area is 144 Å². The van der Waals surface area contributed by atoms with Crippen molar-refractivity contribution in [2.24, 2.45) is 0 Å². The van der Waals surface area contributed by atoms with Crippen LogP contribution in [0.5, 0.6) is 0 Å². The fourth-order valence-electron chi connectivity index (χ4n) is 3.11. The summed E-state index contributed by atoms with van der Waals surface area (Å²) in [6, 6.07) is 9.88. The van der Waals surface area contributed by atoms with Crippen molar-refractivity contribution in [2.75, 3.05) is 31.1 Å². The first kappa shape index (κ1) is 15.4. The maximum absolute atomic E-state index is 12.9. The molecule has 2 aromatic heterocycles. The molecule has 0 saturated carbocycles. The van der Waals surface area contributed by atoms with E-state index in [1.54, 1.807) is 0 Å². The van der Waals surface area contributed by atoms with E-state index in [2.05, 4.69) is 30.3 Å². The fourth-order valence-corrected chi connectivity index (χ4v) is 3.11. The Kier molecular flexibility index (Phi) is 3.93. The van der Waals surface area contributed by atoms with E-state index in [0.29, 0.717) is 18.8 Å². The highest BCUT2D eigenvalue weighted by Crippen LogP contribution is 2.24. The lowest BCUT2D eigenvalue weighted by Crippen LogP contribution is -2.49. The number of rotatable bonds is 3. The van der Waals surface area contributed by atoms with Gasteiger partial charge < -0.3 is 9.80 Å². The van der Waals surface area contributed by atoms with Crippen molar-refractivity contribution in [2.45, 2.75) is 6.92 Å². The molecule has 1 aliphatic heterocycles. The Bertz CT molecular complexity index is 849. The van der Waals surface area contributed by atoms with Gasteiger partial charge in [-0.3, -0.25) is 9.89 Å². The van der Waals surface area contributed by atoms with Crippen LogP contribution < -0.4 is 4.90 Å². The Morgan fingerprint density at radius 1 is 1.08 bits per heavy atom. The minimum Gasteiger partial charge on any atom is -0.338 e. The van der Waals surface area contributed by atoms with Gasteiger partial charge in [0.1, 0.15) is 12.0 Å². The molecule has 0 atom stereocenters. The van der Waals surface area contributed by atoms with E-state index >= 15 is 0 Å². The minimum absolute atomic E-state index is 0.00981. The summed E-state index contributed by atoms with van der Waals surface area (Å²) in [7, 11) is 0. The van der Waals surface area contributed by atoms with Gasteiger partial charge in [-0.1, -0.05) is 30.3 Å². The predicted molar refractivity (Wildman–Crippen MR) is 93.3 cm³/mol. The normalized spacial score (nSPS) is 14.8. The number of H-pyrrole nitrogens is 2. The number of carbonyl (C=O) groups excluding carboxylic acids is 1. The van der Waals surface area contributed by atoms with Gasteiger partial charge in [0, 0.05) is 37.3 Å². The molecule has 1 amide bonds. The van der Waals surface area contributed by atoms with Gasteiger partial charge in [-0.25, -0.2) is 5.10 Å². The molecule has 3 aromatic rings. The van der Waals surface area contributed by atoms with Gasteiger partial charge in [0.25, 0.3) is 5.91 Å². The summed E-state index contributed by atoms with van der Waals surface area (Å²) in [6.45, 7) is 4.65. The zero-order valence-corrected chi connectivity index (χ0v) is 13.9. The van der Waals surface area contributed by atoms with E-state index in [1.807, 2.05) is 42.2 Å². The fraction of sp³-hybridized carbons (Fsp3) is 0.294. The molecular formula is C17H19N7O. The Balaban J connectivity index is 1.48. The smallest absolute Gasteiger partial charge is 0.272 e. The summed E-state index contributed by atoms with van der Waals surface area (Å²) in [5, 5.41) is 14.0. The first-order valence-corrected chi connectivity index (χ1v) is 8.24. The largest absolute Gasteiger partial charge is 0.338 e. The van der Waals surface area contributed by atoms with E-state index in [4.69, 9.17) is 0 Å². The molecule has 0 spiro atoms. The van der Waals surface area contributed by atoms with Gasteiger partial charge in [0.15, 0.2) is 0 Å². The van der Waals surface area contributed by atoms with Crippen LogP contribution in [0.3, 0.4) is 0 Å². The number of aromatic nitrogens is 5. The summed E-state index contributed by atoms with van der Waals surface area (Å²) in [5.41, 5.74) is 3.27. The molecule has 0 unspecified atom stereocenters. The van der Waals surface area contributed by atoms with Gasteiger partial charge in [-0.2, -0.15) is 15.2 Å². The topological polar surface area (TPSA) is 93.8 Å². The predicted octanol–water partition coefficient (Wildman–Crippen LogP) is 1.47. The lowest BCUT2D eigenvalue weighted by molar-refractivity contribution is 0.0739. The first-order chi connectivity index (χ1) is 12.2. The second-order valence-corrected chi connectivity index (χ2v) is 6.03. The third-order valence-electron chi connectivity index (χ3n) is 4.54. The van der Waals surface area contributed by atoms with Gasteiger partial charge >= 0.3 is 0 Å². The van der Waals surface area contributed by atoms with Crippen LogP contribution in [0.25, 0.3) is 11.3 Å². The minimum atomic E-state index is -0.00981. The molecule has 1 saturated heterocycles. The summed E-state index contributed by atoms with van der Waals surface area (Å²) in [4.78, 5) is 21.0. The second kappa shape index (κ2) is 6.39. The van der Waals surface area contributed by atoms with Crippen molar-refractivity contribution in [3.05, 3.63) is 47.9 Å². The SMILES string of the molecule is Cc1c(-c2ccccc2)n[nH]c1C(=O)N1CCN(c2ncn[nH]2)CC1.